The molecule has 136 valence electrons. The zero-order valence-corrected chi connectivity index (χ0v) is 14.3. The third-order valence-corrected chi connectivity index (χ3v) is 4.97. The maximum atomic E-state index is 12.7. The van der Waals surface area contributed by atoms with Crippen molar-refractivity contribution >= 4 is 11.9 Å². The Kier molecular flexibility index (Phi) is 4.02. The fourth-order valence-electron chi connectivity index (χ4n) is 3.68. The van der Waals surface area contributed by atoms with Gasteiger partial charge in [-0.3, -0.25) is 9.59 Å². The number of carbonyl (C=O) groups excluding carboxylic acids is 1. The number of carboxylic acid groups (broad SMARTS) is 1. The number of fused-ring (bicyclic) bond motifs is 1. The smallest absolute Gasteiger partial charge is 0.309 e. The summed E-state index contributed by atoms with van der Waals surface area (Å²) in [5.74, 6) is 0.0879. The summed E-state index contributed by atoms with van der Waals surface area (Å²) in [6, 6.07) is 4.87. The molecule has 1 aromatic heterocycles. The van der Waals surface area contributed by atoms with Crippen molar-refractivity contribution < 1.29 is 24.2 Å². The zero-order valence-electron chi connectivity index (χ0n) is 14.3. The number of amides is 1. The highest BCUT2D eigenvalue weighted by atomic mass is 16.7. The van der Waals surface area contributed by atoms with Crippen LogP contribution in [-0.2, 0) is 23.2 Å². The maximum absolute atomic E-state index is 12.7. The van der Waals surface area contributed by atoms with Gasteiger partial charge in [-0.15, -0.1) is 0 Å². The highest BCUT2D eigenvalue weighted by Gasteiger charge is 2.43. The summed E-state index contributed by atoms with van der Waals surface area (Å²) in [6.07, 6.45) is 3.87. The lowest BCUT2D eigenvalue weighted by molar-refractivity contribution is -0.153. The minimum atomic E-state index is -0.923. The van der Waals surface area contributed by atoms with Crippen LogP contribution in [0.2, 0.25) is 0 Å². The number of ether oxygens (including phenoxy) is 2. The van der Waals surface area contributed by atoms with Crippen molar-refractivity contribution in [3.8, 4) is 11.5 Å². The van der Waals surface area contributed by atoms with Crippen LogP contribution >= 0.6 is 0 Å². The van der Waals surface area contributed by atoms with Crippen molar-refractivity contribution in [2.45, 2.75) is 25.4 Å². The molecule has 0 unspecified atom stereocenters. The molecule has 0 saturated carbocycles. The lowest BCUT2D eigenvalue weighted by atomic mass is 9.87. The summed E-state index contributed by atoms with van der Waals surface area (Å²) >= 11 is 0. The summed E-state index contributed by atoms with van der Waals surface area (Å²) in [7, 11) is 1.80. The largest absolute Gasteiger partial charge is 0.481 e. The van der Waals surface area contributed by atoms with Crippen molar-refractivity contribution in [2.24, 2.45) is 13.0 Å². The second-order valence-corrected chi connectivity index (χ2v) is 6.50. The molecule has 3 heterocycles. The molecule has 1 fully saturated rings. The lowest BCUT2D eigenvalue weighted by Crippen LogP contribution is -2.45. The Morgan fingerprint density at radius 1 is 1.38 bits per heavy atom. The number of aromatic nitrogens is 2. The van der Waals surface area contributed by atoms with Crippen molar-refractivity contribution in [3.63, 3.8) is 0 Å². The van der Waals surface area contributed by atoms with Gasteiger partial charge < -0.3 is 24.0 Å². The van der Waals surface area contributed by atoms with E-state index < -0.39 is 17.9 Å². The van der Waals surface area contributed by atoms with Crippen molar-refractivity contribution in [1.82, 2.24) is 14.5 Å². The summed E-state index contributed by atoms with van der Waals surface area (Å²) in [5, 5.41) is 9.70. The Labute approximate surface area is 150 Å². The van der Waals surface area contributed by atoms with Crippen molar-refractivity contribution in [3.05, 3.63) is 42.0 Å². The summed E-state index contributed by atoms with van der Waals surface area (Å²) in [4.78, 5) is 30.5. The van der Waals surface area contributed by atoms with Crippen LogP contribution in [0, 0.1) is 5.92 Å². The number of likely N-dealkylation sites (tertiary alicyclic amines) is 1. The van der Waals surface area contributed by atoms with Gasteiger partial charge in [0.1, 0.15) is 11.9 Å². The minimum absolute atomic E-state index is 0.0907. The van der Waals surface area contributed by atoms with E-state index in [2.05, 4.69) is 4.98 Å². The van der Waals surface area contributed by atoms with E-state index in [-0.39, 0.29) is 25.7 Å². The highest BCUT2D eigenvalue weighted by molar-refractivity contribution is 5.81. The fourth-order valence-corrected chi connectivity index (χ4v) is 3.68. The van der Waals surface area contributed by atoms with E-state index in [0.29, 0.717) is 23.7 Å². The standard InChI is InChI=1S/C18H19N3O5/c1-20-8-7-19-17(20)15-12(18(23)24)5-6-14(22)21(15)9-11-3-2-4-13-16(11)26-10-25-13/h2-4,7-8,12,15H,5-6,9-10H2,1H3,(H,23,24)/t12-,15-/m0/s1. The molecule has 1 amide bonds. The highest BCUT2D eigenvalue weighted by Crippen LogP contribution is 2.41. The molecular formula is C18H19N3O5. The van der Waals surface area contributed by atoms with Crippen LogP contribution in [0.3, 0.4) is 0 Å². The Morgan fingerprint density at radius 3 is 2.96 bits per heavy atom. The fraction of sp³-hybridized carbons (Fsp3) is 0.389. The summed E-state index contributed by atoms with van der Waals surface area (Å²) < 4.78 is 12.7. The molecule has 2 aromatic rings. The van der Waals surface area contributed by atoms with Crippen LogP contribution in [-0.4, -0.2) is 38.2 Å². The molecule has 0 bridgehead atoms. The van der Waals surface area contributed by atoms with Gasteiger partial charge in [-0.1, -0.05) is 12.1 Å². The van der Waals surface area contributed by atoms with E-state index in [1.807, 2.05) is 12.1 Å². The van der Waals surface area contributed by atoms with E-state index >= 15 is 0 Å². The third-order valence-electron chi connectivity index (χ3n) is 4.97. The van der Waals surface area contributed by atoms with Gasteiger partial charge in [0.15, 0.2) is 11.5 Å². The predicted molar refractivity (Wildman–Crippen MR) is 89.4 cm³/mol. The molecule has 0 spiro atoms. The molecule has 1 saturated heterocycles. The first-order valence-electron chi connectivity index (χ1n) is 8.43. The molecule has 26 heavy (non-hydrogen) atoms. The molecule has 1 N–H and O–H groups in total. The number of hydrogen-bond donors (Lipinski definition) is 1. The second-order valence-electron chi connectivity index (χ2n) is 6.50. The molecule has 0 radical (unpaired) electrons. The predicted octanol–water partition coefficient (Wildman–Crippen LogP) is 1.71. The Bertz CT molecular complexity index is 862. The van der Waals surface area contributed by atoms with Crippen molar-refractivity contribution in [2.75, 3.05) is 6.79 Å². The molecule has 1 aromatic carbocycles. The van der Waals surface area contributed by atoms with Gasteiger partial charge in [0.25, 0.3) is 0 Å². The monoisotopic (exact) mass is 357 g/mol. The SMILES string of the molecule is Cn1ccnc1[C@@H]1[C@@H](C(=O)O)CCC(=O)N1Cc1cccc2c1OCO2. The Hall–Kier alpha value is -3.03. The number of hydrogen-bond acceptors (Lipinski definition) is 5. The third kappa shape index (κ3) is 2.67. The lowest BCUT2D eigenvalue weighted by Gasteiger charge is -2.39. The zero-order chi connectivity index (χ0) is 18.3. The number of benzene rings is 1. The Balaban J connectivity index is 1.74. The number of para-hydroxylation sites is 1. The van der Waals surface area contributed by atoms with Gasteiger partial charge in [-0.25, -0.2) is 4.98 Å². The average molecular weight is 357 g/mol. The van der Waals surface area contributed by atoms with Crippen LogP contribution in [0.5, 0.6) is 11.5 Å². The molecule has 2 aliphatic heterocycles. The number of aliphatic carboxylic acids is 1. The average Bonchev–Trinajstić information content (AvgIpc) is 3.25. The van der Waals surface area contributed by atoms with Gasteiger partial charge in [0.05, 0.1) is 12.5 Å². The maximum Gasteiger partial charge on any atom is 0.309 e. The van der Waals surface area contributed by atoms with Gasteiger partial charge >= 0.3 is 5.97 Å². The number of aryl methyl sites for hydroxylation is 1. The van der Waals surface area contributed by atoms with E-state index in [1.165, 1.54) is 0 Å². The molecule has 2 aliphatic rings. The number of carbonyl (C=O) groups is 2. The van der Waals surface area contributed by atoms with Crippen LogP contribution in [0.15, 0.2) is 30.6 Å². The normalized spacial score (nSPS) is 21.9. The van der Waals surface area contributed by atoms with Crippen LogP contribution in [0.4, 0.5) is 0 Å². The first-order valence-corrected chi connectivity index (χ1v) is 8.43. The molecule has 0 aliphatic carbocycles. The van der Waals surface area contributed by atoms with Gasteiger partial charge in [0, 0.05) is 31.4 Å². The van der Waals surface area contributed by atoms with Gasteiger partial charge in [-0.2, -0.15) is 0 Å². The van der Waals surface area contributed by atoms with E-state index in [4.69, 9.17) is 9.47 Å². The molecule has 2 atom stereocenters. The summed E-state index contributed by atoms with van der Waals surface area (Å²) in [6.45, 7) is 0.382. The number of piperidine rings is 1. The van der Waals surface area contributed by atoms with Crippen LogP contribution < -0.4 is 9.47 Å². The topological polar surface area (TPSA) is 93.9 Å². The van der Waals surface area contributed by atoms with Gasteiger partial charge in [0.2, 0.25) is 12.7 Å². The molecular weight excluding hydrogens is 338 g/mol. The number of imidazole rings is 1. The van der Waals surface area contributed by atoms with E-state index in [0.717, 1.165) is 5.56 Å². The number of nitrogens with zero attached hydrogens (tertiary/aromatic N) is 3. The van der Waals surface area contributed by atoms with Gasteiger partial charge in [-0.05, 0) is 12.5 Å². The summed E-state index contributed by atoms with van der Waals surface area (Å²) in [5.41, 5.74) is 0.790. The Morgan fingerprint density at radius 2 is 2.23 bits per heavy atom. The van der Waals surface area contributed by atoms with Crippen LogP contribution in [0.1, 0.15) is 30.3 Å². The number of rotatable bonds is 4. The van der Waals surface area contributed by atoms with E-state index in [9.17, 15) is 14.7 Å². The van der Waals surface area contributed by atoms with Crippen LogP contribution in [0.25, 0.3) is 0 Å². The first kappa shape index (κ1) is 16.4. The van der Waals surface area contributed by atoms with E-state index in [1.54, 1.807) is 35.0 Å². The minimum Gasteiger partial charge on any atom is -0.481 e. The quantitative estimate of drug-likeness (QED) is 0.895. The molecule has 8 heteroatoms. The molecule has 4 rings (SSSR count). The second kappa shape index (κ2) is 6.36. The molecule has 8 nitrogen and oxygen atoms in total. The number of carboxylic acids is 1. The van der Waals surface area contributed by atoms with Crippen molar-refractivity contribution in [1.29, 1.82) is 0 Å². The first-order chi connectivity index (χ1) is 12.6.